The van der Waals surface area contributed by atoms with Crippen molar-refractivity contribution in [2.75, 3.05) is 0 Å². The lowest BCUT2D eigenvalue weighted by Crippen LogP contribution is -2.02. The third kappa shape index (κ3) is 4.67. The van der Waals surface area contributed by atoms with E-state index in [-0.39, 0.29) is 0 Å². The fourth-order valence-corrected chi connectivity index (χ4v) is 7.15. The van der Waals surface area contributed by atoms with Crippen LogP contribution in [0.2, 0.25) is 0 Å². The molecular weight excluding hydrogens is 611 g/mol. The van der Waals surface area contributed by atoms with E-state index < -0.39 is 0 Å². The quantitative estimate of drug-likeness (QED) is 0.180. The minimum absolute atomic E-state index is 0.520. The molecule has 0 amide bonds. The predicted molar refractivity (Wildman–Crippen MR) is 205 cm³/mol. The highest BCUT2D eigenvalue weighted by Gasteiger charge is 2.18. The molecule has 0 fully saturated rings. The van der Waals surface area contributed by atoms with Crippen molar-refractivity contribution in [1.29, 1.82) is 0 Å². The molecule has 0 aliphatic carbocycles. The summed E-state index contributed by atoms with van der Waals surface area (Å²) in [6.07, 6.45) is 3.71. The molecule has 0 bridgehead atoms. The Labute approximate surface area is 287 Å². The Balaban J connectivity index is 1.21. The molecule has 0 radical (unpaired) electrons. The second kappa shape index (κ2) is 11.4. The molecule has 0 aliphatic rings. The van der Waals surface area contributed by atoms with E-state index in [4.69, 9.17) is 19.9 Å². The molecule has 0 spiro atoms. The lowest BCUT2D eigenvalue weighted by atomic mass is 9.96. The fourth-order valence-electron chi connectivity index (χ4n) is 7.15. The van der Waals surface area contributed by atoms with Gasteiger partial charge in [-0.2, -0.15) is 0 Å². The van der Waals surface area contributed by atoms with Crippen molar-refractivity contribution in [2.45, 2.75) is 0 Å². The maximum Gasteiger partial charge on any atom is 0.182 e. The van der Waals surface area contributed by atoms with Gasteiger partial charge in [0.25, 0.3) is 0 Å². The van der Waals surface area contributed by atoms with Crippen LogP contribution in [0.5, 0.6) is 0 Å². The summed E-state index contributed by atoms with van der Waals surface area (Å²) in [5.74, 6) is 1.73. The first kappa shape index (κ1) is 28.2. The number of rotatable bonds is 4. The summed E-state index contributed by atoms with van der Waals surface area (Å²) in [4.78, 5) is 25.0. The number of hydrogen-bond acceptors (Lipinski definition) is 5. The minimum Gasteiger partial charge on any atom is -0.256 e. The second-order valence-corrected chi connectivity index (χ2v) is 12.5. The highest BCUT2D eigenvalue weighted by atomic mass is 15.0. The van der Waals surface area contributed by atoms with Crippen molar-refractivity contribution in [3.05, 3.63) is 164 Å². The van der Waals surface area contributed by atoms with Gasteiger partial charge in [0, 0.05) is 34.5 Å². The Hall–Kier alpha value is -6.85. The molecule has 0 unspecified atom stereocenters. The van der Waals surface area contributed by atoms with Gasteiger partial charge in [-0.25, -0.2) is 15.0 Å². The van der Waals surface area contributed by atoms with Gasteiger partial charge >= 0.3 is 0 Å². The van der Waals surface area contributed by atoms with Crippen molar-refractivity contribution in [1.82, 2.24) is 24.9 Å². The average Bonchev–Trinajstić information content (AvgIpc) is 3.20. The summed E-state index contributed by atoms with van der Waals surface area (Å²) in [6.45, 7) is 0. The van der Waals surface area contributed by atoms with Crippen LogP contribution in [0.3, 0.4) is 0 Å². The molecule has 5 heteroatoms. The van der Waals surface area contributed by atoms with Crippen LogP contribution in [0.25, 0.3) is 99.4 Å². The van der Waals surface area contributed by atoms with Crippen LogP contribution in [0.15, 0.2) is 164 Å². The van der Waals surface area contributed by atoms with E-state index in [1.165, 1.54) is 10.8 Å². The van der Waals surface area contributed by atoms with Gasteiger partial charge in [-0.15, -0.1) is 0 Å². The monoisotopic (exact) mass is 637 g/mol. The molecule has 10 aromatic rings. The normalized spacial score (nSPS) is 11.6. The van der Waals surface area contributed by atoms with Crippen LogP contribution in [0.1, 0.15) is 0 Å². The summed E-state index contributed by atoms with van der Waals surface area (Å²) in [5, 5.41) is 10.3. The average molecular weight is 638 g/mol. The number of nitrogens with zero attached hydrogens (tertiary/aromatic N) is 5. The molecule has 50 heavy (non-hydrogen) atoms. The molecule has 5 nitrogen and oxygen atoms in total. The molecular formula is C45H27N5. The maximum absolute atomic E-state index is 5.25. The van der Waals surface area contributed by atoms with Crippen LogP contribution in [0, 0.1) is 0 Å². The second-order valence-electron chi connectivity index (χ2n) is 12.5. The zero-order valence-electron chi connectivity index (χ0n) is 26.8. The fraction of sp³-hybridized carbons (Fsp3) is 0. The Morgan fingerprint density at radius 1 is 0.340 bits per heavy atom. The summed E-state index contributed by atoms with van der Waals surface area (Å²) in [5.41, 5.74) is 5.58. The zero-order valence-corrected chi connectivity index (χ0v) is 26.8. The maximum atomic E-state index is 5.25. The highest BCUT2D eigenvalue weighted by molar-refractivity contribution is 6.14. The van der Waals surface area contributed by atoms with E-state index >= 15 is 0 Å². The molecule has 0 saturated heterocycles. The van der Waals surface area contributed by atoms with Crippen molar-refractivity contribution in [3.63, 3.8) is 0 Å². The van der Waals surface area contributed by atoms with E-state index in [1.54, 1.807) is 0 Å². The molecule has 3 aromatic heterocycles. The molecule has 0 N–H and O–H groups in total. The molecule has 0 aliphatic heterocycles. The molecule has 7 aromatic carbocycles. The van der Waals surface area contributed by atoms with Gasteiger partial charge in [0.1, 0.15) is 5.69 Å². The van der Waals surface area contributed by atoms with Crippen LogP contribution in [0.4, 0.5) is 0 Å². The minimum atomic E-state index is 0.520. The van der Waals surface area contributed by atoms with E-state index in [0.29, 0.717) is 23.2 Å². The molecule has 3 heterocycles. The Morgan fingerprint density at radius 2 is 0.860 bits per heavy atom. The SMILES string of the molecule is c1cnc2cc(-c3ccc(-c4nc(-c5cc6ccccc6c6ccccc56)nc(-c5cc6ccccc6c6ccccc56)n4)nc3)ccc2c1. The third-order valence-corrected chi connectivity index (χ3v) is 9.59. The standard InChI is InChI=1S/C45H27N5/c1-3-13-33-30(10-1)24-39(37-17-7-5-15-35(33)37)43-48-44(40-25-31-11-2-4-14-34(31)36-16-6-8-18-38(36)40)50-45(49-43)41-22-21-32(27-47-41)29-20-19-28-12-9-23-46-42(28)26-29/h1-27H. The van der Waals surface area contributed by atoms with E-state index in [2.05, 4.69) is 145 Å². The smallest absolute Gasteiger partial charge is 0.182 e. The Bertz CT molecular complexity index is 2800. The van der Waals surface area contributed by atoms with Crippen LogP contribution < -0.4 is 0 Å². The van der Waals surface area contributed by atoms with Gasteiger partial charge in [-0.1, -0.05) is 121 Å². The van der Waals surface area contributed by atoms with Gasteiger partial charge in [0.15, 0.2) is 17.5 Å². The van der Waals surface area contributed by atoms with Gasteiger partial charge in [-0.3, -0.25) is 9.97 Å². The first-order valence-corrected chi connectivity index (χ1v) is 16.7. The third-order valence-electron chi connectivity index (χ3n) is 9.59. The lowest BCUT2D eigenvalue weighted by Gasteiger charge is -2.14. The van der Waals surface area contributed by atoms with E-state index in [1.807, 2.05) is 24.5 Å². The largest absolute Gasteiger partial charge is 0.256 e. The van der Waals surface area contributed by atoms with E-state index in [0.717, 1.165) is 65.5 Å². The summed E-state index contributed by atoms with van der Waals surface area (Å²) < 4.78 is 0. The van der Waals surface area contributed by atoms with Gasteiger partial charge in [-0.05, 0) is 79.0 Å². The van der Waals surface area contributed by atoms with Crippen LogP contribution in [-0.4, -0.2) is 24.9 Å². The van der Waals surface area contributed by atoms with Crippen LogP contribution in [-0.2, 0) is 0 Å². The Morgan fingerprint density at radius 3 is 1.46 bits per heavy atom. The number of aromatic nitrogens is 5. The first-order valence-electron chi connectivity index (χ1n) is 16.7. The zero-order chi connectivity index (χ0) is 33.0. The van der Waals surface area contributed by atoms with Gasteiger partial charge < -0.3 is 0 Å². The summed E-state index contributed by atoms with van der Waals surface area (Å²) >= 11 is 0. The van der Waals surface area contributed by atoms with Crippen molar-refractivity contribution in [2.24, 2.45) is 0 Å². The Kier molecular flexibility index (Phi) is 6.42. The lowest BCUT2D eigenvalue weighted by molar-refractivity contribution is 1.06. The summed E-state index contributed by atoms with van der Waals surface area (Å²) in [6, 6.07) is 52.7. The molecule has 0 atom stereocenters. The van der Waals surface area contributed by atoms with Crippen molar-refractivity contribution >= 4 is 54.0 Å². The molecule has 232 valence electrons. The van der Waals surface area contributed by atoms with Crippen LogP contribution >= 0.6 is 0 Å². The number of fused-ring (bicyclic) bond motifs is 7. The predicted octanol–water partition coefficient (Wildman–Crippen LogP) is 11.1. The van der Waals surface area contributed by atoms with Crippen molar-refractivity contribution < 1.29 is 0 Å². The molecule has 10 rings (SSSR count). The molecule has 0 saturated carbocycles. The number of benzene rings is 7. The van der Waals surface area contributed by atoms with Gasteiger partial charge in [0.2, 0.25) is 0 Å². The highest BCUT2D eigenvalue weighted by Crippen LogP contribution is 2.37. The first-order chi connectivity index (χ1) is 24.8. The topological polar surface area (TPSA) is 64.5 Å². The van der Waals surface area contributed by atoms with Crippen molar-refractivity contribution in [3.8, 4) is 45.4 Å². The van der Waals surface area contributed by atoms with E-state index in [9.17, 15) is 0 Å². The van der Waals surface area contributed by atoms with Gasteiger partial charge in [0.05, 0.1) is 5.52 Å². The number of hydrogen-bond donors (Lipinski definition) is 0. The summed E-state index contributed by atoms with van der Waals surface area (Å²) in [7, 11) is 0. The number of pyridine rings is 2.